The fourth-order valence-electron chi connectivity index (χ4n) is 4.39. The Labute approximate surface area is 183 Å². The van der Waals surface area contributed by atoms with Crippen molar-refractivity contribution in [3.8, 4) is 0 Å². The second kappa shape index (κ2) is 8.66. The van der Waals surface area contributed by atoms with Gasteiger partial charge in [0.15, 0.2) is 0 Å². The molecule has 0 amide bonds. The van der Waals surface area contributed by atoms with E-state index in [1.165, 1.54) is 0 Å². The van der Waals surface area contributed by atoms with Gasteiger partial charge in [0.1, 0.15) is 5.82 Å². The number of aromatic nitrogens is 1. The molecule has 0 spiro atoms. The number of piperidine rings is 1. The Morgan fingerprint density at radius 1 is 1.30 bits per heavy atom. The van der Waals surface area contributed by atoms with Crippen LogP contribution < -0.4 is 16.5 Å². The Morgan fingerprint density at radius 2 is 2.13 bits per heavy atom. The number of H-pyrrole nitrogens is 1. The predicted octanol–water partition coefficient (Wildman–Crippen LogP) is 3.80. The summed E-state index contributed by atoms with van der Waals surface area (Å²) < 4.78 is 0. The van der Waals surface area contributed by atoms with E-state index in [2.05, 4.69) is 46.3 Å². The number of aromatic amines is 1. The third-order valence-electron chi connectivity index (χ3n) is 6.14. The maximum atomic E-state index is 6.45. The van der Waals surface area contributed by atoms with Crippen molar-refractivity contribution in [1.82, 2.24) is 25.5 Å². The Bertz CT molecular complexity index is 964. The van der Waals surface area contributed by atoms with Crippen LogP contribution in [0.3, 0.4) is 0 Å². The first-order valence-corrected chi connectivity index (χ1v) is 10.9. The van der Waals surface area contributed by atoms with Crippen LogP contribution in [-0.4, -0.2) is 40.1 Å². The van der Waals surface area contributed by atoms with Gasteiger partial charge in [0.25, 0.3) is 0 Å². The molecule has 1 aromatic carbocycles. The van der Waals surface area contributed by atoms with Crippen LogP contribution in [0.15, 0.2) is 61.2 Å². The van der Waals surface area contributed by atoms with E-state index < -0.39 is 0 Å². The molecule has 2 unspecified atom stereocenters. The third-order valence-corrected chi connectivity index (χ3v) is 6.38. The molecule has 4 rings (SSSR count). The summed E-state index contributed by atoms with van der Waals surface area (Å²) in [6.45, 7) is 15.0. The number of nitrogens with zero attached hydrogens (tertiary/aromatic N) is 2. The lowest BCUT2D eigenvalue weighted by atomic mass is 10.0. The summed E-state index contributed by atoms with van der Waals surface area (Å²) in [5.74, 6) is 7.17. The molecular weight excluding hydrogens is 396 g/mol. The number of fused-ring (bicyclic) bond motifs is 1. The average Bonchev–Trinajstić information content (AvgIpc) is 3.36. The highest BCUT2D eigenvalue weighted by Gasteiger charge is 2.29. The van der Waals surface area contributed by atoms with Crippen LogP contribution in [0.25, 0.3) is 10.9 Å². The number of rotatable bonds is 7. The molecule has 7 heteroatoms. The van der Waals surface area contributed by atoms with E-state index in [0.29, 0.717) is 12.6 Å². The Balaban J connectivity index is 1.32. The molecule has 2 atom stereocenters. The first-order valence-electron chi connectivity index (χ1n) is 10.5. The number of nitrogens with two attached hydrogens (primary N) is 1. The molecular formula is C23H31ClN6. The van der Waals surface area contributed by atoms with Crippen molar-refractivity contribution in [2.24, 2.45) is 5.84 Å². The largest absolute Gasteiger partial charge is 0.381 e. The average molecular weight is 427 g/mol. The van der Waals surface area contributed by atoms with Crippen LogP contribution >= 0.6 is 11.6 Å². The zero-order valence-electron chi connectivity index (χ0n) is 17.4. The van der Waals surface area contributed by atoms with Crippen molar-refractivity contribution in [2.45, 2.75) is 44.3 Å². The van der Waals surface area contributed by atoms with E-state index in [9.17, 15) is 0 Å². The van der Waals surface area contributed by atoms with E-state index in [0.717, 1.165) is 77.6 Å². The van der Waals surface area contributed by atoms with Crippen LogP contribution in [-0.2, 0) is 6.54 Å². The van der Waals surface area contributed by atoms with Gasteiger partial charge in [-0.05, 0) is 49.9 Å². The van der Waals surface area contributed by atoms with E-state index in [1.54, 1.807) is 5.01 Å². The summed E-state index contributed by atoms with van der Waals surface area (Å²) in [5.41, 5.74) is 4.37. The normalized spacial score (nSPS) is 21.5. The number of hydrazine groups is 1. The van der Waals surface area contributed by atoms with Gasteiger partial charge in [0.05, 0.1) is 18.6 Å². The van der Waals surface area contributed by atoms with Crippen molar-refractivity contribution < 1.29 is 0 Å². The van der Waals surface area contributed by atoms with Gasteiger partial charge in [0.2, 0.25) is 0 Å². The van der Waals surface area contributed by atoms with Crippen LogP contribution in [0.5, 0.6) is 0 Å². The number of likely N-dealkylation sites (tertiary alicyclic amines) is 1. The van der Waals surface area contributed by atoms with Crippen LogP contribution in [0.1, 0.15) is 31.4 Å². The zero-order valence-corrected chi connectivity index (χ0v) is 18.1. The summed E-state index contributed by atoms with van der Waals surface area (Å²) in [6.07, 6.45) is 4.21. The van der Waals surface area contributed by atoms with Crippen molar-refractivity contribution in [1.29, 1.82) is 0 Å². The first-order chi connectivity index (χ1) is 14.4. The van der Waals surface area contributed by atoms with Crippen molar-refractivity contribution in [2.75, 3.05) is 13.1 Å². The van der Waals surface area contributed by atoms with Crippen LogP contribution in [0.4, 0.5) is 0 Å². The summed E-state index contributed by atoms with van der Waals surface area (Å²) in [7, 11) is 0. The molecule has 6 nitrogen and oxygen atoms in total. The number of nitrogens with one attached hydrogen (secondary N) is 3. The smallest absolute Gasteiger partial charge is 0.109 e. The van der Waals surface area contributed by atoms with Gasteiger partial charge >= 0.3 is 0 Å². The number of halogens is 1. The number of benzene rings is 1. The standard InChI is InChI=1S/C23H31ClN6/c1-15-6-8-22(27-15)16(2)29-10-4-5-21(14-29)30(25)17(3)26-13-20-12-18-11-19(24)7-9-23(18)28-20/h7,9,11-12,21-22,26-28H,1-6,8,10,13-14,25H2. The molecule has 30 heavy (non-hydrogen) atoms. The van der Waals surface area contributed by atoms with Gasteiger partial charge in [-0.15, -0.1) is 0 Å². The van der Waals surface area contributed by atoms with Gasteiger partial charge in [-0.25, -0.2) is 5.84 Å². The molecule has 2 saturated heterocycles. The molecule has 0 saturated carbocycles. The SMILES string of the molecule is C=C1CCC(C(=C)N2CCCC(N(N)C(=C)NCc3cc4cc(Cl)ccc4[nH]3)C2)N1. The maximum Gasteiger partial charge on any atom is 0.109 e. The predicted molar refractivity (Wildman–Crippen MR) is 124 cm³/mol. The second-order valence-corrected chi connectivity index (χ2v) is 8.74. The molecule has 160 valence electrons. The topological polar surface area (TPSA) is 72.3 Å². The molecule has 2 aliphatic heterocycles. The molecule has 0 aliphatic carbocycles. The number of hydrogen-bond donors (Lipinski definition) is 4. The van der Waals surface area contributed by atoms with Crippen LogP contribution in [0.2, 0.25) is 5.02 Å². The highest BCUT2D eigenvalue weighted by atomic mass is 35.5. The summed E-state index contributed by atoms with van der Waals surface area (Å²) in [6, 6.07) is 8.41. The molecule has 3 heterocycles. The minimum atomic E-state index is 0.196. The van der Waals surface area contributed by atoms with Gasteiger partial charge in [-0.1, -0.05) is 31.3 Å². The number of allylic oxidation sites excluding steroid dienone is 1. The minimum Gasteiger partial charge on any atom is -0.381 e. The maximum absolute atomic E-state index is 6.45. The molecule has 1 aromatic heterocycles. The summed E-state index contributed by atoms with van der Waals surface area (Å²) in [5, 5.41) is 10.4. The lowest BCUT2D eigenvalue weighted by Crippen LogP contribution is -2.53. The molecule has 5 N–H and O–H groups in total. The lowest BCUT2D eigenvalue weighted by Gasteiger charge is -2.41. The third kappa shape index (κ3) is 4.45. The van der Waals surface area contributed by atoms with Crippen molar-refractivity contribution in [3.05, 3.63) is 71.9 Å². The lowest BCUT2D eigenvalue weighted by molar-refractivity contribution is 0.134. The Hall–Kier alpha value is -2.57. The summed E-state index contributed by atoms with van der Waals surface area (Å²) >= 11 is 6.08. The zero-order chi connectivity index (χ0) is 21.3. The minimum absolute atomic E-state index is 0.196. The van der Waals surface area contributed by atoms with Crippen molar-refractivity contribution >= 4 is 22.5 Å². The van der Waals surface area contributed by atoms with E-state index in [1.807, 2.05) is 18.2 Å². The molecule has 0 bridgehead atoms. The molecule has 2 aromatic rings. The Kier molecular flexibility index (Phi) is 5.97. The van der Waals surface area contributed by atoms with E-state index >= 15 is 0 Å². The highest BCUT2D eigenvalue weighted by molar-refractivity contribution is 6.31. The molecule has 2 aliphatic rings. The van der Waals surface area contributed by atoms with Crippen molar-refractivity contribution in [3.63, 3.8) is 0 Å². The second-order valence-electron chi connectivity index (χ2n) is 8.31. The highest BCUT2D eigenvalue weighted by Crippen LogP contribution is 2.26. The first kappa shape index (κ1) is 20.7. The quantitative estimate of drug-likeness (QED) is 0.400. The van der Waals surface area contributed by atoms with E-state index in [4.69, 9.17) is 17.4 Å². The fourth-order valence-corrected chi connectivity index (χ4v) is 4.57. The van der Waals surface area contributed by atoms with Crippen LogP contribution in [0, 0.1) is 0 Å². The molecule has 0 radical (unpaired) electrons. The number of hydrogen-bond acceptors (Lipinski definition) is 5. The van der Waals surface area contributed by atoms with Gasteiger partial charge < -0.3 is 20.5 Å². The van der Waals surface area contributed by atoms with Gasteiger partial charge in [0, 0.05) is 46.1 Å². The fraction of sp³-hybridized carbons (Fsp3) is 0.391. The monoisotopic (exact) mass is 426 g/mol. The summed E-state index contributed by atoms with van der Waals surface area (Å²) in [4.78, 5) is 5.76. The van der Waals surface area contributed by atoms with E-state index in [-0.39, 0.29) is 6.04 Å². The Morgan fingerprint density at radius 3 is 2.90 bits per heavy atom. The van der Waals surface area contributed by atoms with Gasteiger partial charge in [-0.2, -0.15) is 0 Å². The molecule has 2 fully saturated rings. The van der Waals surface area contributed by atoms with Gasteiger partial charge in [-0.3, -0.25) is 5.01 Å².